The number of nitrogens with one attached hydrogen (secondary N) is 1. The van der Waals surface area contributed by atoms with E-state index in [4.69, 9.17) is 4.98 Å². The zero-order chi connectivity index (χ0) is 18.2. The monoisotopic (exact) mass is 351 g/mol. The Labute approximate surface area is 156 Å². The van der Waals surface area contributed by atoms with E-state index in [1.807, 2.05) is 37.4 Å². The minimum absolute atomic E-state index is 0.794. The van der Waals surface area contributed by atoms with E-state index in [1.165, 1.54) is 10.9 Å². The smallest absolute Gasteiger partial charge is 0.140 e. The second-order valence-electron chi connectivity index (χ2n) is 6.49. The molecule has 5 nitrogen and oxygen atoms in total. The van der Waals surface area contributed by atoms with Crippen LogP contribution in [0.2, 0.25) is 0 Å². The van der Waals surface area contributed by atoms with Crippen LogP contribution in [0.3, 0.4) is 0 Å². The molecule has 1 N–H and O–H groups in total. The molecule has 0 atom stereocenters. The third-order valence-electron chi connectivity index (χ3n) is 4.72. The molecule has 0 fully saturated rings. The van der Waals surface area contributed by atoms with Crippen LogP contribution in [-0.4, -0.2) is 19.5 Å². The van der Waals surface area contributed by atoms with Crippen molar-refractivity contribution in [2.45, 2.75) is 0 Å². The normalized spacial score (nSPS) is 11.1. The Kier molecular flexibility index (Phi) is 3.57. The molecule has 4 aromatic heterocycles. The zero-order valence-electron chi connectivity index (χ0n) is 14.8. The van der Waals surface area contributed by atoms with Gasteiger partial charge in [0, 0.05) is 59.4 Å². The molecule has 5 aromatic rings. The SMILES string of the molecule is Cn1ccc2cc(Nc3nc(-c4ccncc4)cc4ncccc34)ccc21. The molecule has 0 amide bonds. The number of hydrogen-bond donors (Lipinski definition) is 1. The molecule has 5 heteroatoms. The van der Waals surface area contributed by atoms with E-state index in [0.717, 1.165) is 33.7 Å². The summed E-state index contributed by atoms with van der Waals surface area (Å²) in [6, 6.07) is 18.3. The Morgan fingerprint density at radius 1 is 0.926 bits per heavy atom. The lowest BCUT2D eigenvalue weighted by atomic mass is 10.1. The number of benzene rings is 1. The molecule has 0 aliphatic rings. The second-order valence-corrected chi connectivity index (χ2v) is 6.49. The molecular formula is C22H17N5. The fraction of sp³-hybridized carbons (Fsp3) is 0.0455. The van der Waals surface area contributed by atoms with E-state index < -0.39 is 0 Å². The Bertz CT molecular complexity index is 1260. The van der Waals surface area contributed by atoms with Crippen LogP contribution in [-0.2, 0) is 7.05 Å². The van der Waals surface area contributed by atoms with Gasteiger partial charge in [-0.2, -0.15) is 0 Å². The number of aromatic nitrogens is 4. The Balaban J connectivity index is 1.64. The lowest BCUT2D eigenvalue weighted by Crippen LogP contribution is -1.98. The number of anilines is 2. The van der Waals surface area contributed by atoms with Crippen molar-refractivity contribution < 1.29 is 0 Å². The fourth-order valence-corrected chi connectivity index (χ4v) is 3.34. The molecule has 130 valence electrons. The first-order valence-corrected chi connectivity index (χ1v) is 8.76. The highest BCUT2D eigenvalue weighted by Crippen LogP contribution is 2.29. The Hall–Kier alpha value is -3.73. The zero-order valence-corrected chi connectivity index (χ0v) is 14.8. The van der Waals surface area contributed by atoms with Gasteiger partial charge in [-0.1, -0.05) is 0 Å². The Morgan fingerprint density at radius 3 is 2.70 bits per heavy atom. The molecule has 0 bridgehead atoms. The number of aryl methyl sites for hydroxylation is 1. The van der Waals surface area contributed by atoms with Crippen LogP contribution in [0.4, 0.5) is 11.5 Å². The number of nitrogens with zero attached hydrogens (tertiary/aromatic N) is 4. The van der Waals surface area contributed by atoms with Crippen LogP contribution in [0, 0.1) is 0 Å². The van der Waals surface area contributed by atoms with Crippen LogP contribution < -0.4 is 5.32 Å². The van der Waals surface area contributed by atoms with Gasteiger partial charge in [-0.05, 0) is 54.6 Å². The van der Waals surface area contributed by atoms with Gasteiger partial charge in [0.05, 0.1) is 11.2 Å². The van der Waals surface area contributed by atoms with Crippen molar-refractivity contribution in [3.63, 3.8) is 0 Å². The Morgan fingerprint density at radius 2 is 1.81 bits per heavy atom. The summed E-state index contributed by atoms with van der Waals surface area (Å²) in [5.74, 6) is 0.794. The number of pyridine rings is 3. The predicted octanol–water partition coefficient (Wildman–Crippen LogP) is 4.93. The molecule has 0 aliphatic heterocycles. The minimum atomic E-state index is 0.794. The molecule has 27 heavy (non-hydrogen) atoms. The van der Waals surface area contributed by atoms with Crippen molar-refractivity contribution in [1.29, 1.82) is 0 Å². The molecule has 0 aliphatic carbocycles. The van der Waals surface area contributed by atoms with Gasteiger partial charge in [0.1, 0.15) is 5.82 Å². The number of fused-ring (bicyclic) bond motifs is 2. The van der Waals surface area contributed by atoms with Gasteiger partial charge in [-0.3, -0.25) is 9.97 Å². The van der Waals surface area contributed by atoms with E-state index in [9.17, 15) is 0 Å². The molecule has 1 aromatic carbocycles. The molecule has 0 radical (unpaired) electrons. The molecule has 0 saturated heterocycles. The quantitative estimate of drug-likeness (QED) is 0.501. The molecule has 4 heterocycles. The summed E-state index contributed by atoms with van der Waals surface area (Å²) in [6.45, 7) is 0. The number of hydrogen-bond acceptors (Lipinski definition) is 4. The highest BCUT2D eigenvalue weighted by molar-refractivity contribution is 5.94. The fourth-order valence-electron chi connectivity index (χ4n) is 3.34. The summed E-state index contributed by atoms with van der Waals surface area (Å²) < 4.78 is 2.11. The van der Waals surface area contributed by atoms with Crippen molar-refractivity contribution in [2.24, 2.45) is 7.05 Å². The maximum atomic E-state index is 4.87. The summed E-state index contributed by atoms with van der Waals surface area (Å²) in [5, 5.41) is 5.66. The average Bonchev–Trinajstić information content (AvgIpc) is 3.09. The highest BCUT2D eigenvalue weighted by atomic mass is 15.0. The lowest BCUT2D eigenvalue weighted by Gasteiger charge is -2.12. The molecule has 0 spiro atoms. The standard InChI is InChI=1S/C22H17N5/c1-27-12-8-16-13-17(4-5-21(16)27)25-22-18-3-2-9-24-20(18)14-19(26-22)15-6-10-23-11-7-15/h2-14H,1H3,(H,25,26). The van der Waals surface area contributed by atoms with Gasteiger partial charge in [-0.15, -0.1) is 0 Å². The first-order chi connectivity index (χ1) is 13.3. The van der Waals surface area contributed by atoms with Crippen molar-refractivity contribution >= 4 is 33.3 Å². The van der Waals surface area contributed by atoms with E-state index in [2.05, 4.69) is 50.3 Å². The van der Waals surface area contributed by atoms with Gasteiger partial charge in [0.15, 0.2) is 0 Å². The topological polar surface area (TPSA) is 55.6 Å². The maximum absolute atomic E-state index is 4.87. The van der Waals surface area contributed by atoms with Gasteiger partial charge >= 0.3 is 0 Å². The summed E-state index contributed by atoms with van der Waals surface area (Å²) >= 11 is 0. The van der Waals surface area contributed by atoms with Crippen molar-refractivity contribution in [3.05, 3.63) is 79.4 Å². The van der Waals surface area contributed by atoms with Crippen LogP contribution in [0.1, 0.15) is 0 Å². The first-order valence-electron chi connectivity index (χ1n) is 8.76. The van der Waals surface area contributed by atoms with E-state index in [0.29, 0.717) is 0 Å². The van der Waals surface area contributed by atoms with E-state index >= 15 is 0 Å². The van der Waals surface area contributed by atoms with E-state index in [1.54, 1.807) is 18.6 Å². The highest BCUT2D eigenvalue weighted by Gasteiger charge is 2.09. The van der Waals surface area contributed by atoms with Gasteiger partial charge in [0.25, 0.3) is 0 Å². The largest absolute Gasteiger partial charge is 0.351 e. The third kappa shape index (κ3) is 2.79. The summed E-state index contributed by atoms with van der Waals surface area (Å²) in [7, 11) is 2.05. The third-order valence-corrected chi connectivity index (χ3v) is 4.72. The van der Waals surface area contributed by atoms with Crippen molar-refractivity contribution in [3.8, 4) is 11.3 Å². The lowest BCUT2D eigenvalue weighted by molar-refractivity contribution is 0.969. The second kappa shape index (κ2) is 6.21. The van der Waals surface area contributed by atoms with Crippen LogP contribution in [0.25, 0.3) is 33.1 Å². The first kappa shape index (κ1) is 15.5. The summed E-state index contributed by atoms with van der Waals surface area (Å²) in [6.07, 6.45) is 7.42. The van der Waals surface area contributed by atoms with E-state index in [-0.39, 0.29) is 0 Å². The van der Waals surface area contributed by atoms with Crippen molar-refractivity contribution in [1.82, 2.24) is 19.5 Å². The van der Waals surface area contributed by atoms with Crippen molar-refractivity contribution in [2.75, 3.05) is 5.32 Å². The van der Waals surface area contributed by atoms with Gasteiger partial charge < -0.3 is 9.88 Å². The maximum Gasteiger partial charge on any atom is 0.140 e. The molecular weight excluding hydrogens is 334 g/mol. The van der Waals surface area contributed by atoms with Crippen LogP contribution in [0.5, 0.6) is 0 Å². The summed E-state index contributed by atoms with van der Waals surface area (Å²) in [5.41, 5.74) is 4.98. The van der Waals surface area contributed by atoms with Crippen LogP contribution >= 0.6 is 0 Å². The molecule has 5 rings (SSSR count). The molecule has 0 saturated carbocycles. The predicted molar refractivity (Wildman–Crippen MR) is 109 cm³/mol. The van der Waals surface area contributed by atoms with Gasteiger partial charge in [0.2, 0.25) is 0 Å². The van der Waals surface area contributed by atoms with Crippen LogP contribution in [0.15, 0.2) is 79.4 Å². The average molecular weight is 351 g/mol. The van der Waals surface area contributed by atoms with Gasteiger partial charge in [-0.25, -0.2) is 4.98 Å². The number of rotatable bonds is 3. The molecule has 0 unspecified atom stereocenters. The minimum Gasteiger partial charge on any atom is -0.351 e. The summed E-state index contributed by atoms with van der Waals surface area (Å²) in [4.78, 5) is 13.5.